The summed E-state index contributed by atoms with van der Waals surface area (Å²) in [5.74, 6) is 3.35. The quantitative estimate of drug-likeness (QED) is 0.774. The molecule has 0 amide bonds. The molecular formula is C19H26NO2P. The van der Waals surface area contributed by atoms with Crippen LogP contribution in [-0.2, 0) is 11.8 Å². The SMILES string of the molecule is CCN1CC[C@]23c4c5ccc(OP)c4O[C@H]2C(C)CCC3[C@H]1C5. The number of hydrogen-bond donors (Lipinski definition) is 0. The highest BCUT2D eigenvalue weighted by Gasteiger charge is 2.64. The van der Waals surface area contributed by atoms with Crippen LogP contribution in [0.25, 0.3) is 0 Å². The van der Waals surface area contributed by atoms with E-state index < -0.39 is 0 Å². The molecule has 0 radical (unpaired) electrons. The van der Waals surface area contributed by atoms with Gasteiger partial charge in [0.25, 0.3) is 0 Å². The van der Waals surface area contributed by atoms with Crippen molar-refractivity contribution < 1.29 is 9.26 Å². The molecule has 2 bridgehead atoms. The minimum Gasteiger partial charge on any atom is -0.485 e. The molecule has 23 heavy (non-hydrogen) atoms. The minimum absolute atomic E-state index is 0.246. The van der Waals surface area contributed by atoms with Crippen LogP contribution in [0.4, 0.5) is 0 Å². The molecular weight excluding hydrogens is 305 g/mol. The summed E-state index contributed by atoms with van der Waals surface area (Å²) in [7, 11) is 2.40. The molecule has 2 heterocycles. The molecule has 4 heteroatoms. The Morgan fingerprint density at radius 2 is 2.26 bits per heavy atom. The van der Waals surface area contributed by atoms with Crippen LogP contribution in [0.3, 0.4) is 0 Å². The van der Waals surface area contributed by atoms with E-state index in [1.165, 1.54) is 49.9 Å². The van der Waals surface area contributed by atoms with Crippen molar-refractivity contribution >= 4 is 9.47 Å². The van der Waals surface area contributed by atoms with Crippen LogP contribution in [0.5, 0.6) is 11.5 Å². The molecule has 1 spiro atoms. The van der Waals surface area contributed by atoms with E-state index in [0.717, 1.165) is 17.4 Å². The van der Waals surface area contributed by atoms with Crippen LogP contribution in [0, 0.1) is 11.8 Å². The highest BCUT2D eigenvalue weighted by molar-refractivity contribution is 7.10. The van der Waals surface area contributed by atoms with E-state index >= 15 is 0 Å². The number of ether oxygens (including phenoxy) is 1. The predicted octanol–water partition coefficient (Wildman–Crippen LogP) is 3.55. The van der Waals surface area contributed by atoms with E-state index in [4.69, 9.17) is 9.26 Å². The lowest BCUT2D eigenvalue weighted by molar-refractivity contribution is -0.0707. The van der Waals surface area contributed by atoms with Crippen LogP contribution in [0.2, 0.25) is 0 Å². The Morgan fingerprint density at radius 3 is 3.04 bits per heavy atom. The monoisotopic (exact) mass is 331 g/mol. The van der Waals surface area contributed by atoms with Crippen molar-refractivity contribution in [2.75, 3.05) is 13.1 Å². The first kappa shape index (κ1) is 14.5. The highest BCUT2D eigenvalue weighted by Crippen LogP contribution is 2.64. The van der Waals surface area contributed by atoms with E-state index in [9.17, 15) is 0 Å². The fraction of sp³-hybridized carbons (Fsp3) is 0.684. The van der Waals surface area contributed by atoms with E-state index in [-0.39, 0.29) is 5.41 Å². The molecule has 1 saturated carbocycles. The lowest BCUT2D eigenvalue weighted by Gasteiger charge is -2.59. The van der Waals surface area contributed by atoms with Crippen molar-refractivity contribution in [1.82, 2.24) is 4.90 Å². The Balaban J connectivity index is 1.76. The van der Waals surface area contributed by atoms with Crippen molar-refractivity contribution in [3.8, 4) is 11.5 Å². The summed E-state index contributed by atoms with van der Waals surface area (Å²) in [4.78, 5) is 2.73. The first-order valence-corrected chi connectivity index (χ1v) is 9.61. The summed E-state index contributed by atoms with van der Waals surface area (Å²) in [5, 5.41) is 0. The van der Waals surface area contributed by atoms with Gasteiger partial charge in [0, 0.05) is 17.0 Å². The van der Waals surface area contributed by atoms with Gasteiger partial charge in [0.2, 0.25) is 0 Å². The van der Waals surface area contributed by atoms with Gasteiger partial charge in [-0.2, -0.15) is 0 Å². The number of likely N-dealkylation sites (tertiary alicyclic amines) is 1. The standard InChI is InChI=1S/C19H26NO2P/c1-3-20-9-8-19-13-6-4-11(2)18(19)21-17-15(22-23)7-5-12(16(17)19)10-14(13)20/h5,7,11,13-14,18H,3-4,6,8-10,23H2,1-2H3/t11?,13?,14-,18+,19+/m1/s1. The number of rotatable bonds is 2. The third kappa shape index (κ3) is 1.63. The maximum Gasteiger partial charge on any atom is 0.166 e. The number of hydrogen-bond acceptors (Lipinski definition) is 3. The van der Waals surface area contributed by atoms with Crippen molar-refractivity contribution in [1.29, 1.82) is 0 Å². The summed E-state index contributed by atoms with van der Waals surface area (Å²) in [6.45, 7) is 7.10. The largest absolute Gasteiger partial charge is 0.485 e. The minimum atomic E-state index is 0.246. The lowest BCUT2D eigenvalue weighted by atomic mass is 9.50. The number of piperidine rings is 1. The van der Waals surface area contributed by atoms with Gasteiger partial charge in [-0.15, -0.1) is 0 Å². The van der Waals surface area contributed by atoms with Gasteiger partial charge in [-0.1, -0.05) is 19.9 Å². The summed E-state index contributed by atoms with van der Waals surface area (Å²) in [5.41, 5.74) is 3.28. The molecule has 1 saturated heterocycles. The zero-order valence-corrected chi connectivity index (χ0v) is 15.2. The molecule has 0 aromatic heterocycles. The lowest BCUT2D eigenvalue weighted by Crippen LogP contribution is -2.65. The van der Waals surface area contributed by atoms with Gasteiger partial charge in [0.1, 0.15) is 6.10 Å². The van der Waals surface area contributed by atoms with Gasteiger partial charge in [-0.25, -0.2) is 0 Å². The topological polar surface area (TPSA) is 21.7 Å². The van der Waals surface area contributed by atoms with E-state index in [1.807, 2.05) is 0 Å². The van der Waals surface area contributed by atoms with Crippen LogP contribution in [0.15, 0.2) is 12.1 Å². The summed E-state index contributed by atoms with van der Waals surface area (Å²) in [6.07, 6.45) is 5.43. The summed E-state index contributed by atoms with van der Waals surface area (Å²) >= 11 is 0. The second kappa shape index (κ2) is 4.86. The zero-order chi connectivity index (χ0) is 15.8. The van der Waals surface area contributed by atoms with Gasteiger partial charge < -0.3 is 9.26 Å². The second-order valence-corrected chi connectivity index (χ2v) is 8.17. The van der Waals surface area contributed by atoms with Crippen LogP contribution in [0.1, 0.15) is 44.2 Å². The van der Waals surface area contributed by atoms with Gasteiger partial charge in [-0.05, 0) is 62.2 Å². The van der Waals surface area contributed by atoms with Crippen LogP contribution >= 0.6 is 9.47 Å². The Bertz CT molecular complexity index is 663. The van der Waals surface area contributed by atoms with Crippen LogP contribution in [-0.4, -0.2) is 30.1 Å². The highest BCUT2D eigenvalue weighted by atomic mass is 31.0. The molecule has 124 valence electrons. The summed E-state index contributed by atoms with van der Waals surface area (Å²) < 4.78 is 12.2. The molecule has 3 unspecified atom stereocenters. The van der Waals surface area contributed by atoms with Crippen LogP contribution < -0.4 is 9.26 Å². The molecule has 1 aromatic carbocycles. The molecule has 4 aliphatic rings. The van der Waals surface area contributed by atoms with Gasteiger partial charge in [-0.3, -0.25) is 4.90 Å². The van der Waals surface area contributed by atoms with Crippen molar-refractivity contribution in [3.63, 3.8) is 0 Å². The van der Waals surface area contributed by atoms with E-state index in [1.54, 1.807) is 0 Å². The fourth-order valence-electron chi connectivity index (χ4n) is 6.37. The second-order valence-electron chi connectivity index (χ2n) is 7.93. The first-order valence-electron chi connectivity index (χ1n) is 9.14. The van der Waals surface area contributed by atoms with E-state index in [2.05, 4.69) is 40.3 Å². The maximum atomic E-state index is 6.62. The number of benzene rings is 1. The average molecular weight is 331 g/mol. The molecule has 2 aliphatic heterocycles. The number of likely N-dealkylation sites (N-methyl/N-ethyl adjacent to an activating group) is 1. The number of nitrogens with zero attached hydrogens (tertiary/aromatic N) is 1. The first-order chi connectivity index (χ1) is 11.2. The van der Waals surface area contributed by atoms with Gasteiger partial charge >= 0.3 is 0 Å². The Hall–Kier alpha value is -0.790. The predicted molar refractivity (Wildman–Crippen MR) is 94.1 cm³/mol. The fourth-order valence-corrected chi connectivity index (χ4v) is 6.55. The molecule has 1 aromatic rings. The molecule has 2 fully saturated rings. The normalized spacial score (nSPS) is 40.5. The Kier molecular flexibility index (Phi) is 3.07. The van der Waals surface area contributed by atoms with Crippen molar-refractivity contribution in [2.45, 2.75) is 57.1 Å². The molecule has 6 atom stereocenters. The molecule has 2 aliphatic carbocycles. The molecule has 3 nitrogen and oxygen atoms in total. The maximum absolute atomic E-state index is 6.62. The van der Waals surface area contributed by atoms with Gasteiger partial charge in [0.05, 0.1) is 9.47 Å². The van der Waals surface area contributed by atoms with Gasteiger partial charge in [0.15, 0.2) is 11.5 Å². The van der Waals surface area contributed by atoms with Crippen molar-refractivity contribution in [3.05, 3.63) is 23.3 Å². The summed E-state index contributed by atoms with van der Waals surface area (Å²) in [6, 6.07) is 5.10. The average Bonchev–Trinajstić information content (AvgIpc) is 2.91. The Labute approximate surface area is 141 Å². The Morgan fingerprint density at radius 1 is 1.39 bits per heavy atom. The zero-order valence-electron chi connectivity index (χ0n) is 14.0. The van der Waals surface area contributed by atoms with E-state index in [0.29, 0.717) is 18.1 Å². The third-order valence-electron chi connectivity index (χ3n) is 7.25. The smallest absolute Gasteiger partial charge is 0.166 e. The molecule has 5 rings (SSSR count). The van der Waals surface area contributed by atoms with Crippen molar-refractivity contribution in [2.24, 2.45) is 11.8 Å². The third-order valence-corrected chi connectivity index (χ3v) is 7.50. The molecule has 0 N–H and O–H groups in total.